The normalized spacial score (nSPS) is 32.6. The number of rotatable bonds is 5. The summed E-state index contributed by atoms with van der Waals surface area (Å²) in [7, 11) is 0. The molecule has 1 N–H and O–H groups in total. The van der Waals surface area contributed by atoms with Crippen LogP contribution >= 0.6 is 0 Å². The van der Waals surface area contributed by atoms with Crippen LogP contribution in [0, 0.1) is 11.3 Å². The fourth-order valence-electron chi connectivity index (χ4n) is 4.82. The Morgan fingerprint density at radius 1 is 1.13 bits per heavy atom. The van der Waals surface area contributed by atoms with E-state index in [2.05, 4.69) is 20.0 Å². The molecule has 0 radical (unpaired) electrons. The standard InChI is InChI=1S/C16H25N5O2/c22-15(23)16-9-19(5-6-20-11-17-18-12-20)7-13(16)8-21(10-16)14-3-1-2-4-14/h11-14H,1-10H2,(H,22,23)/t13-,16-/m1/s1. The molecule has 2 atom stereocenters. The number of nitrogens with zero attached hydrogens (tertiary/aromatic N) is 5. The van der Waals surface area contributed by atoms with Gasteiger partial charge in [-0.25, -0.2) is 0 Å². The third-order valence-electron chi connectivity index (χ3n) is 6.11. The maximum Gasteiger partial charge on any atom is 0.312 e. The van der Waals surface area contributed by atoms with Crippen molar-refractivity contribution >= 4 is 5.97 Å². The molecule has 0 bridgehead atoms. The first kappa shape index (κ1) is 15.1. The molecule has 3 fully saturated rings. The Morgan fingerprint density at radius 2 is 1.87 bits per heavy atom. The summed E-state index contributed by atoms with van der Waals surface area (Å²) in [5.74, 6) is -0.337. The van der Waals surface area contributed by atoms with E-state index in [1.54, 1.807) is 12.7 Å². The first-order chi connectivity index (χ1) is 11.2. The zero-order chi connectivity index (χ0) is 15.9. The van der Waals surface area contributed by atoms with Crippen molar-refractivity contribution in [2.45, 2.75) is 38.3 Å². The quantitative estimate of drug-likeness (QED) is 0.854. The van der Waals surface area contributed by atoms with Gasteiger partial charge < -0.3 is 9.67 Å². The predicted molar refractivity (Wildman–Crippen MR) is 83.8 cm³/mol. The molecule has 1 saturated carbocycles. The molecule has 0 aromatic carbocycles. The summed E-state index contributed by atoms with van der Waals surface area (Å²) in [6.07, 6.45) is 8.53. The highest BCUT2D eigenvalue weighted by atomic mass is 16.4. The van der Waals surface area contributed by atoms with E-state index in [-0.39, 0.29) is 5.92 Å². The number of hydrogen-bond acceptors (Lipinski definition) is 5. The van der Waals surface area contributed by atoms with E-state index < -0.39 is 11.4 Å². The first-order valence-corrected chi connectivity index (χ1v) is 8.69. The van der Waals surface area contributed by atoms with E-state index in [4.69, 9.17) is 0 Å². The molecule has 2 aliphatic heterocycles. The molecule has 126 valence electrons. The molecule has 0 spiro atoms. The van der Waals surface area contributed by atoms with Crippen molar-refractivity contribution in [2.75, 3.05) is 32.7 Å². The molecule has 1 aromatic heterocycles. The number of aromatic nitrogens is 3. The summed E-state index contributed by atoms with van der Waals surface area (Å²) in [5.41, 5.74) is -0.560. The van der Waals surface area contributed by atoms with Crippen molar-refractivity contribution < 1.29 is 9.90 Å². The lowest BCUT2D eigenvalue weighted by Gasteiger charge is -2.28. The summed E-state index contributed by atoms with van der Waals surface area (Å²) in [6, 6.07) is 0.627. The molecule has 4 rings (SSSR count). The van der Waals surface area contributed by atoms with Crippen LogP contribution in [0.25, 0.3) is 0 Å². The molecule has 23 heavy (non-hydrogen) atoms. The highest BCUT2D eigenvalue weighted by Gasteiger charge is 2.58. The van der Waals surface area contributed by atoms with E-state index in [1.807, 2.05) is 4.57 Å². The zero-order valence-corrected chi connectivity index (χ0v) is 13.5. The molecule has 1 aromatic rings. The van der Waals surface area contributed by atoms with Gasteiger partial charge in [-0.3, -0.25) is 14.6 Å². The molecule has 2 saturated heterocycles. The van der Waals surface area contributed by atoms with Crippen LogP contribution in [0.5, 0.6) is 0 Å². The van der Waals surface area contributed by atoms with Crippen LogP contribution in [0.4, 0.5) is 0 Å². The summed E-state index contributed by atoms with van der Waals surface area (Å²) >= 11 is 0. The second kappa shape index (κ2) is 5.87. The largest absolute Gasteiger partial charge is 0.481 e. The molecular formula is C16H25N5O2. The van der Waals surface area contributed by atoms with Crippen molar-refractivity contribution in [1.29, 1.82) is 0 Å². The third-order valence-corrected chi connectivity index (χ3v) is 6.11. The maximum absolute atomic E-state index is 12.1. The topological polar surface area (TPSA) is 74.5 Å². The van der Waals surface area contributed by atoms with Gasteiger partial charge in [-0.1, -0.05) is 12.8 Å². The molecule has 3 aliphatic rings. The van der Waals surface area contributed by atoms with Crippen LogP contribution in [0.1, 0.15) is 25.7 Å². The lowest BCUT2D eigenvalue weighted by Crippen LogP contribution is -2.42. The molecule has 0 amide bonds. The number of likely N-dealkylation sites (tertiary alicyclic amines) is 2. The summed E-state index contributed by atoms with van der Waals surface area (Å²) in [4.78, 5) is 16.9. The predicted octanol–water partition coefficient (Wildman–Crippen LogP) is 0.539. The molecule has 1 aliphatic carbocycles. The first-order valence-electron chi connectivity index (χ1n) is 8.69. The van der Waals surface area contributed by atoms with E-state index in [0.717, 1.165) is 32.7 Å². The minimum absolute atomic E-state index is 0.265. The van der Waals surface area contributed by atoms with Gasteiger partial charge in [-0.15, -0.1) is 10.2 Å². The highest BCUT2D eigenvalue weighted by molar-refractivity contribution is 5.77. The van der Waals surface area contributed by atoms with E-state index in [9.17, 15) is 9.90 Å². The van der Waals surface area contributed by atoms with Crippen molar-refractivity contribution in [3.63, 3.8) is 0 Å². The minimum Gasteiger partial charge on any atom is -0.481 e. The van der Waals surface area contributed by atoms with Crippen LogP contribution in [0.3, 0.4) is 0 Å². The summed E-state index contributed by atoms with van der Waals surface area (Å²) in [6.45, 7) is 4.96. The van der Waals surface area contributed by atoms with Crippen LogP contribution in [-0.2, 0) is 11.3 Å². The Kier molecular flexibility index (Phi) is 3.85. The van der Waals surface area contributed by atoms with Crippen molar-refractivity contribution in [3.05, 3.63) is 12.7 Å². The van der Waals surface area contributed by atoms with Gasteiger partial charge in [-0.2, -0.15) is 0 Å². The van der Waals surface area contributed by atoms with Crippen LogP contribution in [0.15, 0.2) is 12.7 Å². The Hall–Kier alpha value is -1.47. The lowest BCUT2D eigenvalue weighted by atomic mass is 9.81. The summed E-state index contributed by atoms with van der Waals surface area (Å²) in [5, 5.41) is 17.6. The smallest absolute Gasteiger partial charge is 0.312 e. The maximum atomic E-state index is 12.1. The Bertz CT molecular complexity index is 557. The van der Waals surface area contributed by atoms with Crippen LogP contribution in [-0.4, -0.2) is 74.4 Å². The van der Waals surface area contributed by atoms with Crippen molar-refractivity contribution in [3.8, 4) is 0 Å². The average Bonchev–Trinajstić information content (AvgIpc) is 3.27. The second-order valence-corrected chi connectivity index (χ2v) is 7.46. The minimum atomic E-state index is -0.602. The number of aliphatic carboxylic acids is 1. The monoisotopic (exact) mass is 319 g/mol. The van der Waals surface area contributed by atoms with Gasteiger partial charge in [0, 0.05) is 51.2 Å². The lowest BCUT2D eigenvalue weighted by molar-refractivity contribution is -0.149. The number of fused-ring (bicyclic) bond motifs is 1. The molecule has 7 heteroatoms. The second-order valence-electron chi connectivity index (χ2n) is 7.46. The third kappa shape index (κ3) is 2.65. The SMILES string of the molecule is O=C(O)[C@@]12CN(CCn3cnnc3)C[C@@H]1CN(C1CCCC1)C2. The van der Waals surface area contributed by atoms with Gasteiger partial charge in [0.25, 0.3) is 0 Å². The molecule has 3 heterocycles. The number of carboxylic acids is 1. The van der Waals surface area contributed by atoms with Gasteiger partial charge in [-0.05, 0) is 12.8 Å². The number of carbonyl (C=O) groups is 1. The van der Waals surface area contributed by atoms with Gasteiger partial charge in [0.05, 0.1) is 5.41 Å². The Labute approximate surface area is 136 Å². The highest BCUT2D eigenvalue weighted by Crippen LogP contribution is 2.44. The van der Waals surface area contributed by atoms with Crippen LogP contribution < -0.4 is 0 Å². The average molecular weight is 319 g/mol. The van der Waals surface area contributed by atoms with E-state index in [0.29, 0.717) is 12.6 Å². The van der Waals surface area contributed by atoms with Crippen LogP contribution in [0.2, 0.25) is 0 Å². The number of carboxylic acid groups (broad SMARTS) is 1. The zero-order valence-electron chi connectivity index (χ0n) is 13.5. The Balaban J connectivity index is 1.41. The molecule has 7 nitrogen and oxygen atoms in total. The van der Waals surface area contributed by atoms with Gasteiger partial charge in [0.2, 0.25) is 0 Å². The number of hydrogen-bond donors (Lipinski definition) is 1. The van der Waals surface area contributed by atoms with Crippen molar-refractivity contribution in [1.82, 2.24) is 24.6 Å². The molecular weight excluding hydrogens is 294 g/mol. The van der Waals surface area contributed by atoms with Gasteiger partial charge in [0.15, 0.2) is 0 Å². The molecule has 0 unspecified atom stereocenters. The Morgan fingerprint density at radius 3 is 2.52 bits per heavy atom. The van der Waals surface area contributed by atoms with Gasteiger partial charge in [0.1, 0.15) is 12.7 Å². The fourth-order valence-corrected chi connectivity index (χ4v) is 4.82. The fraction of sp³-hybridized carbons (Fsp3) is 0.812. The van der Waals surface area contributed by atoms with E-state index in [1.165, 1.54) is 25.7 Å². The van der Waals surface area contributed by atoms with Crippen molar-refractivity contribution in [2.24, 2.45) is 11.3 Å². The summed E-state index contributed by atoms with van der Waals surface area (Å²) < 4.78 is 1.95. The van der Waals surface area contributed by atoms with Gasteiger partial charge >= 0.3 is 5.97 Å². The van der Waals surface area contributed by atoms with E-state index >= 15 is 0 Å².